The maximum atomic E-state index is 12.5. The fourth-order valence-electron chi connectivity index (χ4n) is 3.91. The van der Waals surface area contributed by atoms with Crippen molar-refractivity contribution in [2.75, 3.05) is 38.0 Å². The lowest BCUT2D eigenvalue weighted by Gasteiger charge is -2.36. The number of amides is 1. The number of hydrogen-bond acceptors (Lipinski definition) is 6. The molecule has 1 saturated heterocycles. The van der Waals surface area contributed by atoms with Crippen LogP contribution in [0.2, 0.25) is 0 Å². The van der Waals surface area contributed by atoms with Gasteiger partial charge in [0.1, 0.15) is 0 Å². The number of carbonyl (C=O) groups is 1. The van der Waals surface area contributed by atoms with E-state index in [9.17, 15) is 4.79 Å². The smallest absolute Gasteiger partial charge is 0.247 e. The fourth-order valence-corrected chi connectivity index (χ4v) is 3.91. The van der Waals surface area contributed by atoms with Crippen LogP contribution in [0.1, 0.15) is 31.3 Å². The summed E-state index contributed by atoms with van der Waals surface area (Å²) in [4.78, 5) is 17.0. The zero-order chi connectivity index (χ0) is 21.6. The lowest BCUT2D eigenvalue weighted by Crippen LogP contribution is -2.49. The predicted octanol–water partition coefficient (Wildman–Crippen LogP) is 3.62. The Hall–Kier alpha value is -3.03. The standard InChI is InChI=1S/C24H29N5O2/c1-3-19-9-7-8-12-21(19)25-22(30)17-28-13-15-29(16-14-28)18(2)23-26-27-24(31-23)20-10-5-4-6-11-20/h4-12,18H,3,13-17H2,1-2H3,(H,25,30)/t18-/m0/s1. The number of aryl methyl sites for hydroxylation is 1. The Morgan fingerprint density at radius 3 is 2.48 bits per heavy atom. The van der Waals surface area contributed by atoms with Gasteiger partial charge >= 0.3 is 0 Å². The first-order chi connectivity index (χ1) is 15.1. The highest BCUT2D eigenvalue weighted by molar-refractivity contribution is 5.93. The van der Waals surface area contributed by atoms with Crippen molar-refractivity contribution < 1.29 is 9.21 Å². The van der Waals surface area contributed by atoms with Crippen molar-refractivity contribution in [3.05, 3.63) is 66.1 Å². The summed E-state index contributed by atoms with van der Waals surface area (Å²) < 4.78 is 5.92. The second-order valence-electron chi connectivity index (χ2n) is 7.86. The van der Waals surface area contributed by atoms with Gasteiger partial charge in [-0.25, -0.2) is 0 Å². The van der Waals surface area contributed by atoms with Crippen LogP contribution in [0.15, 0.2) is 59.0 Å². The lowest BCUT2D eigenvalue weighted by atomic mass is 10.1. The molecule has 0 unspecified atom stereocenters. The largest absolute Gasteiger partial charge is 0.419 e. The van der Waals surface area contributed by atoms with Crippen LogP contribution in [0.3, 0.4) is 0 Å². The third kappa shape index (κ3) is 5.18. The van der Waals surface area contributed by atoms with Gasteiger partial charge < -0.3 is 9.73 Å². The highest BCUT2D eigenvalue weighted by atomic mass is 16.4. The molecule has 1 aliphatic rings. The van der Waals surface area contributed by atoms with Crippen molar-refractivity contribution in [2.45, 2.75) is 26.3 Å². The summed E-state index contributed by atoms with van der Waals surface area (Å²) in [6.07, 6.45) is 0.897. The third-order valence-electron chi connectivity index (χ3n) is 5.81. The molecule has 2 heterocycles. The minimum absolute atomic E-state index is 0.0341. The molecule has 3 aromatic rings. The van der Waals surface area contributed by atoms with Gasteiger partial charge in [-0.05, 0) is 37.1 Å². The first kappa shape index (κ1) is 21.2. The molecule has 2 aromatic carbocycles. The van der Waals surface area contributed by atoms with Crippen LogP contribution >= 0.6 is 0 Å². The number of benzene rings is 2. The minimum Gasteiger partial charge on any atom is -0.419 e. The van der Waals surface area contributed by atoms with Crippen LogP contribution in [0.25, 0.3) is 11.5 Å². The minimum atomic E-state index is 0.0341. The van der Waals surface area contributed by atoms with Crippen molar-refractivity contribution in [3.63, 3.8) is 0 Å². The van der Waals surface area contributed by atoms with E-state index in [1.165, 1.54) is 0 Å². The van der Waals surface area contributed by atoms with E-state index < -0.39 is 0 Å². The molecule has 4 rings (SSSR count). The summed E-state index contributed by atoms with van der Waals surface area (Å²) in [5.74, 6) is 1.21. The van der Waals surface area contributed by atoms with Crippen LogP contribution < -0.4 is 5.32 Å². The van der Waals surface area contributed by atoms with Crippen LogP contribution in [0, 0.1) is 0 Å². The maximum absolute atomic E-state index is 12.5. The fraction of sp³-hybridized carbons (Fsp3) is 0.375. The number of rotatable bonds is 7. The number of hydrogen-bond donors (Lipinski definition) is 1. The van der Waals surface area contributed by atoms with E-state index in [4.69, 9.17) is 4.42 Å². The zero-order valence-electron chi connectivity index (χ0n) is 18.1. The third-order valence-corrected chi connectivity index (χ3v) is 5.81. The Bertz CT molecular complexity index is 996. The summed E-state index contributed by atoms with van der Waals surface area (Å²) in [6, 6.07) is 17.8. The van der Waals surface area contributed by atoms with Gasteiger partial charge in [-0.2, -0.15) is 0 Å². The van der Waals surface area contributed by atoms with E-state index in [-0.39, 0.29) is 11.9 Å². The molecule has 31 heavy (non-hydrogen) atoms. The van der Waals surface area contributed by atoms with E-state index in [1.807, 2.05) is 48.5 Å². The molecular formula is C24H29N5O2. The number of anilines is 1. The molecule has 1 amide bonds. The van der Waals surface area contributed by atoms with E-state index in [0.29, 0.717) is 18.3 Å². The van der Waals surface area contributed by atoms with Crippen LogP contribution in [0.5, 0.6) is 0 Å². The highest BCUT2D eigenvalue weighted by Crippen LogP contribution is 2.24. The predicted molar refractivity (Wildman–Crippen MR) is 121 cm³/mol. The molecule has 0 aliphatic carbocycles. The molecule has 0 saturated carbocycles. The van der Waals surface area contributed by atoms with Gasteiger partial charge in [0.25, 0.3) is 0 Å². The summed E-state index contributed by atoms with van der Waals surface area (Å²) >= 11 is 0. The molecule has 1 fully saturated rings. The van der Waals surface area contributed by atoms with Gasteiger partial charge in [0, 0.05) is 37.4 Å². The Balaban J connectivity index is 1.28. The van der Waals surface area contributed by atoms with Gasteiger partial charge in [-0.3, -0.25) is 14.6 Å². The average molecular weight is 420 g/mol. The number of nitrogens with one attached hydrogen (secondary N) is 1. The topological polar surface area (TPSA) is 74.5 Å². The molecule has 7 heteroatoms. The second-order valence-corrected chi connectivity index (χ2v) is 7.86. The molecule has 1 N–H and O–H groups in total. The molecule has 1 aromatic heterocycles. The molecule has 0 bridgehead atoms. The number of piperazine rings is 1. The Kier molecular flexibility index (Phi) is 6.74. The molecule has 1 atom stereocenters. The summed E-state index contributed by atoms with van der Waals surface area (Å²) in [5, 5.41) is 11.5. The average Bonchev–Trinajstić information content (AvgIpc) is 3.30. The van der Waals surface area contributed by atoms with Gasteiger partial charge in [0.05, 0.1) is 12.6 Å². The molecule has 7 nitrogen and oxygen atoms in total. The van der Waals surface area contributed by atoms with Crippen LogP contribution in [0.4, 0.5) is 5.69 Å². The number of para-hydroxylation sites is 1. The first-order valence-electron chi connectivity index (χ1n) is 10.9. The maximum Gasteiger partial charge on any atom is 0.247 e. The SMILES string of the molecule is CCc1ccccc1NC(=O)CN1CCN([C@@H](C)c2nnc(-c3ccccc3)o2)CC1. The first-order valence-corrected chi connectivity index (χ1v) is 10.9. The molecule has 1 aliphatic heterocycles. The summed E-state index contributed by atoms with van der Waals surface area (Å²) in [7, 11) is 0. The number of nitrogens with zero attached hydrogens (tertiary/aromatic N) is 4. The van der Waals surface area contributed by atoms with E-state index >= 15 is 0 Å². The van der Waals surface area contributed by atoms with Gasteiger partial charge in [-0.1, -0.05) is 43.3 Å². The van der Waals surface area contributed by atoms with Gasteiger partial charge in [0.2, 0.25) is 17.7 Å². The van der Waals surface area contributed by atoms with Crippen molar-refractivity contribution >= 4 is 11.6 Å². The van der Waals surface area contributed by atoms with Crippen molar-refractivity contribution in [2.24, 2.45) is 0 Å². The van der Waals surface area contributed by atoms with E-state index in [0.717, 1.165) is 49.4 Å². The van der Waals surface area contributed by atoms with Crippen molar-refractivity contribution in [3.8, 4) is 11.5 Å². The van der Waals surface area contributed by atoms with Crippen LogP contribution in [-0.2, 0) is 11.2 Å². The monoisotopic (exact) mass is 419 g/mol. The summed E-state index contributed by atoms with van der Waals surface area (Å²) in [5.41, 5.74) is 2.99. The number of aromatic nitrogens is 2. The molecule has 0 spiro atoms. The normalized spacial score (nSPS) is 16.2. The molecular weight excluding hydrogens is 390 g/mol. The molecule has 162 valence electrons. The van der Waals surface area contributed by atoms with Crippen molar-refractivity contribution in [1.82, 2.24) is 20.0 Å². The zero-order valence-corrected chi connectivity index (χ0v) is 18.1. The van der Waals surface area contributed by atoms with Gasteiger partial charge in [0.15, 0.2) is 0 Å². The lowest BCUT2D eigenvalue weighted by molar-refractivity contribution is -0.117. The molecule has 0 radical (unpaired) electrons. The number of carbonyl (C=O) groups excluding carboxylic acids is 1. The highest BCUT2D eigenvalue weighted by Gasteiger charge is 2.26. The Labute approximate surface area is 183 Å². The van der Waals surface area contributed by atoms with E-state index in [1.54, 1.807) is 0 Å². The quantitative estimate of drug-likeness (QED) is 0.631. The van der Waals surface area contributed by atoms with Crippen LogP contribution in [-0.4, -0.2) is 58.6 Å². The Morgan fingerprint density at radius 2 is 1.74 bits per heavy atom. The van der Waals surface area contributed by atoms with E-state index in [2.05, 4.69) is 45.2 Å². The summed E-state index contributed by atoms with van der Waals surface area (Å²) in [6.45, 7) is 7.94. The van der Waals surface area contributed by atoms with Crippen molar-refractivity contribution in [1.29, 1.82) is 0 Å². The Morgan fingerprint density at radius 1 is 1.03 bits per heavy atom. The second kappa shape index (κ2) is 9.85. The van der Waals surface area contributed by atoms with Gasteiger partial charge in [-0.15, -0.1) is 10.2 Å².